The van der Waals surface area contributed by atoms with Crippen molar-refractivity contribution < 1.29 is 18.3 Å². The molecule has 21 heavy (non-hydrogen) atoms. The number of hydrogen-bond acceptors (Lipinski definition) is 5. The zero-order valence-electron chi connectivity index (χ0n) is 11.8. The van der Waals surface area contributed by atoms with Gasteiger partial charge in [0.25, 0.3) is 0 Å². The van der Waals surface area contributed by atoms with Crippen LogP contribution in [0.4, 0.5) is 0 Å². The number of aromatic carboxylic acids is 1. The van der Waals surface area contributed by atoms with Gasteiger partial charge in [0.2, 0.25) is 0 Å². The van der Waals surface area contributed by atoms with E-state index in [1.807, 2.05) is 13.8 Å². The molecule has 1 atom stereocenters. The molecule has 1 saturated heterocycles. The van der Waals surface area contributed by atoms with E-state index in [4.69, 9.17) is 5.11 Å². The number of aryl methyl sites for hydroxylation is 1. The first-order chi connectivity index (χ1) is 9.76. The maximum Gasteiger partial charge on any atom is 0.345 e. The van der Waals surface area contributed by atoms with Crippen molar-refractivity contribution in [3.63, 3.8) is 0 Å². The van der Waals surface area contributed by atoms with E-state index in [-0.39, 0.29) is 16.4 Å². The van der Waals surface area contributed by atoms with Crippen LogP contribution < -0.4 is 0 Å². The number of hydrogen-bond donors (Lipinski definition) is 1. The summed E-state index contributed by atoms with van der Waals surface area (Å²) in [5.74, 6) is -0.752. The van der Waals surface area contributed by atoms with E-state index in [1.54, 1.807) is 10.7 Å². The Morgan fingerprint density at radius 3 is 2.81 bits per heavy atom. The van der Waals surface area contributed by atoms with E-state index in [0.717, 1.165) is 27.2 Å². The van der Waals surface area contributed by atoms with E-state index in [9.17, 15) is 13.2 Å². The zero-order valence-corrected chi connectivity index (χ0v) is 13.4. The molecule has 2 aromatic rings. The second-order valence-corrected chi connectivity index (χ2v) is 8.90. The van der Waals surface area contributed by atoms with Gasteiger partial charge in [0.15, 0.2) is 9.84 Å². The smallest absolute Gasteiger partial charge is 0.345 e. The fourth-order valence-electron chi connectivity index (χ4n) is 2.86. The van der Waals surface area contributed by atoms with E-state index < -0.39 is 21.3 Å². The molecule has 0 spiro atoms. The van der Waals surface area contributed by atoms with E-state index in [1.165, 1.54) is 0 Å². The van der Waals surface area contributed by atoms with Gasteiger partial charge < -0.3 is 5.11 Å². The Hall–Kier alpha value is -1.41. The third kappa shape index (κ3) is 2.26. The summed E-state index contributed by atoms with van der Waals surface area (Å²) in [5.41, 5.74) is 0.227. The largest absolute Gasteiger partial charge is 0.477 e. The quantitative estimate of drug-likeness (QED) is 0.929. The van der Waals surface area contributed by atoms with Crippen LogP contribution in [-0.2, 0) is 21.8 Å². The van der Waals surface area contributed by atoms with E-state index >= 15 is 0 Å². The highest BCUT2D eigenvalue weighted by Crippen LogP contribution is 2.37. The molecule has 2 aromatic heterocycles. The monoisotopic (exact) mass is 328 g/mol. The minimum atomic E-state index is -3.05. The number of nitrogens with zero attached hydrogens (tertiary/aromatic N) is 2. The number of carboxylic acid groups (broad SMARTS) is 1. The van der Waals surface area contributed by atoms with Crippen molar-refractivity contribution in [3.8, 4) is 0 Å². The summed E-state index contributed by atoms with van der Waals surface area (Å²) in [5, 5.41) is 14.5. The van der Waals surface area contributed by atoms with Gasteiger partial charge in [-0.1, -0.05) is 6.92 Å². The van der Waals surface area contributed by atoms with Crippen LogP contribution in [0.15, 0.2) is 6.07 Å². The molecule has 0 amide bonds. The molecule has 6 nitrogen and oxygen atoms in total. The number of thiophene rings is 1. The van der Waals surface area contributed by atoms with Crippen LogP contribution in [-0.4, -0.2) is 40.8 Å². The molecule has 0 saturated carbocycles. The Morgan fingerprint density at radius 1 is 1.57 bits per heavy atom. The number of carboxylic acids is 1. The van der Waals surface area contributed by atoms with Crippen LogP contribution >= 0.6 is 11.3 Å². The van der Waals surface area contributed by atoms with Gasteiger partial charge in [-0.15, -0.1) is 11.3 Å². The fraction of sp³-hybridized carbons (Fsp3) is 0.538. The number of rotatable bonds is 3. The molecule has 0 aromatic carbocycles. The molecular weight excluding hydrogens is 312 g/mol. The van der Waals surface area contributed by atoms with E-state index in [0.29, 0.717) is 12.8 Å². The predicted molar refractivity (Wildman–Crippen MR) is 80.9 cm³/mol. The summed E-state index contributed by atoms with van der Waals surface area (Å²) in [6, 6.07) is 1.64. The molecule has 114 valence electrons. The molecule has 0 bridgehead atoms. The molecule has 0 aliphatic carbocycles. The highest BCUT2D eigenvalue weighted by Gasteiger charge is 2.42. The number of aromatic nitrogens is 2. The van der Waals surface area contributed by atoms with Gasteiger partial charge in [-0.05, 0) is 25.8 Å². The molecule has 1 aliphatic heterocycles. The van der Waals surface area contributed by atoms with Crippen LogP contribution in [0.2, 0.25) is 0 Å². The lowest BCUT2D eigenvalue weighted by atomic mass is 10.0. The van der Waals surface area contributed by atoms with Crippen molar-refractivity contribution in [1.82, 2.24) is 9.78 Å². The molecule has 1 aliphatic rings. The van der Waals surface area contributed by atoms with E-state index in [2.05, 4.69) is 5.10 Å². The maximum atomic E-state index is 11.8. The first-order valence-electron chi connectivity index (χ1n) is 6.71. The van der Waals surface area contributed by atoms with Crippen molar-refractivity contribution in [1.29, 1.82) is 0 Å². The number of carbonyl (C=O) groups is 1. The Balaban J connectivity index is 2.21. The number of fused-ring (bicyclic) bond motifs is 1. The first-order valence-corrected chi connectivity index (χ1v) is 9.35. The standard InChI is InChI=1S/C13H16N2O4S2/c1-3-9-8-6-10(12(16)17)20-11(8)15(14-9)13(2)4-5-21(18,19)7-13/h6H,3-5,7H2,1-2H3,(H,16,17). The Morgan fingerprint density at radius 2 is 2.29 bits per heavy atom. The van der Waals surface area contributed by atoms with Gasteiger partial charge in [0.1, 0.15) is 9.71 Å². The lowest BCUT2D eigenvalue weighted by Crippen LogP contribution is -2.32. The van der Waals surface area contributed by atoms with Crippen molar-refractivity contribution in [2.75, 3.05) is 11.5 Å². The fourth-order valence-corrected chi connectivity index (χ4v) is 6.07. The second kappa shape index (κ2) is 4.54. The summed E-state index contributed by atoms with van der Waals surface area (Å²) in [6.07, 6.45) is 1.19. The summed E-state index contributed by atoms with van der Waals surface area (Å²) in [7, 11) is -3.05. The van der Waals surface area contributed by atoms with Crippen LogP contribution in [0.1, 0.15) is 35.6 Å². The van der Waals surface area contributed by atoms with Crippen LogP contribution in [0, 0.1) is 0 Å². The molecule has 3 rings (SSSR count). The molecular formula is C13H16N2O4S2. The SMILES string of the molecule is CCc1nn(C2(C)CCS(=O)(=O)C2)c2sc(C(=O)O)cc12. The Kier molecular flexibility index (Phi) is 3.14. The van der Waals surface area contributed by atoms with Gasteiger partial charge in [-0.25, -0.2) is 17.9 Å². The summed E-state index contributed by atoms with van der Waals surface area (Å²) in [4.78, 5) is 12.2. The average molecular weight is 328 g/mol. The van der Waals surface area contributed by atoms with Gasteiger partial charge in [-0.2, -0.15) is 5.10 Å². The molecule has 8 heteroatoms. The average Bonchev–Trinajstić information content (AvgIpc) is 3.00. The zero-order chi connectivity index (χ0) is 15.4. The summed E-state index contributed by atoms with van der Waals surface area (Å²) in [6.45, 7) is 3.83. The third-order valence-corrected chi connectivity index (χ3v) is 6.96. The highest BCUT2D eigenvalue weighted by molar-refractivity contribution is 7.91. The van der Waals surface area contributed by atoms with Crippen molar-refractivity contribution >= 4 is 37.4 Å². The minimum Gasteiger partial charge on any atom is -0.477 e. The lowest BCUT2D eigenvalue weighted by molar-refractivity contribution is 0.0702. The van der Waals surface area contributed by atoms with Gasteiger partial charge in [-0.3, -0.25) is 0 Å². The Bertz CT molecular complexity index is 834. The molecule has 3 heterocycles. The number of sulfone groups is 1. The van der Waals surface area contributed by atoms with Gasteiger partial charge in [0.05, 0.1) is 22.7 Å². The predicted octanol–water partition coefficient (Wildman–Crippen LogP) is 1.89. The lowest BCUT2D eigenvalue weighted by Gasteiger charge is -2.23. The molecule has 1 N–H and O–H groups in total. The maximum absolute atomic E-state index is 11.8. The molecule has 0 radical (unpaired) electrons. The van der Waals surface area contributed by atoms with Gasteiger partial charge >= 0.3 is 5.97 Å². The molecule has 1 unspecified atom stereocenters. The van der Waals surface area contributed by atoms with Gasteiger partial charge in [0, 0.05) is 5.39 Å². The van der Waals surface area contributed by atoms with Crippen molar-refractivity contribution in [2.24, 2.45) is 0 Å². The normalized spacial score (nSPS) is 24.7. The van der Waals surface area contributed by atoms with Crippen LogP contribution in [0.25, 0.3) is 10.2 Å². The molecule has 1 fully saturated rings. The summed E-state index contributed by atoms with van der Waals surface area (Å²) < 4.78 is 25.4. The van der Waals surface area contributed by atoms with Crippen LogP contribution in [0.5, 0.6) is 0 Å². The summed E-state index contributed by atoms with van der Waals surface area (Å²) >= 11 is 1.16. The van der Waals surface area contributed by atoms with Crippen molar-refractivity contribution in [2.45, 2.75) is 32.2 Å². The van der Waals surface area contributed by atoms with Crippen molar-refractivity contribution in [3.05, 3.63) is 16.6 Å². The Labute approximate surface area is 126 Å². The topological polar surface area (TPSA) is 89.3 Å². The third-order valence-electron chi connectivity index (χ3n) is 3.98. The van der Waals surface area contributed by atoms with Crippen LogP contribution in [0.3, 0.4) is 0 Å². The minimum absolute atomic E-state index is 0.0558. The second-order valence-electron chi connectivity index (χ2n) is 5.69. The first kappa shape index (κ1) is 14.5. The highest BCUT2D eigenvalue weighted by atomic mass is 32.2.